The van der Waals surface area contributed by atoms with Gasteiger partial charge in [0.2, 0.25) is 0 Å². The van der Waals surface area contributed by atoms with Crippen molar-refractivity contribution in [1.29, 1.82) is 0 Å². The van der Waals surface area contributed by atoms with Gasteiger partial charge in [-0.25, -0.2) is 0 Å². The molecule has 0 spiro atoms. The molecule has 1 N–H and O–H groups in total. The SMILES string of the molecule is [2H]C1([2H])C[C@]2(C)C3CC[C@@]4(C)C(CC[C@@H]4[C@H](C)CCC(=O)O)C3C(=O)C([2H])(CC)[C@@H]2C([2H])([2H])C1=O. The third-order valence-corrected chi connectivity index (χ3v) is 9.60. The van der Waals surface area contributed by atoms with Gasteiger partial charge in [-0.15, -0.1) is 0 Å². The van der Waals surface area contributed by atoms with Gasteiger partial charge in [0, 0.05) is 37.8 Å². The molecule has 4 aliphatic rings. The second kappa shape index (κ2) is 7.74. The number of carboxylic acid groups (broad SMARTS) is 1. The summed E-state index contributed by atoms with van der Waals surface area (Å²) in [7, 11) is 0. The number of fused-ring (bicyclic) bond motifs is 5. The van der Waals surface area contributed by atoms with Gasteiger partial charge < -0.3 is 5.11 Å². The molecule has 0 aromatic carbocycles. The number of hydrogen-bond donors (Lipinski definition) is 1. The van der Waals surface area contributed by atoms with Crippen LogP contribution in [0.5, 0.6) is 0 Å². The summed E-state index contributed by atoms with van der Waals surface area (Å²) in [6.07, 6.45) is -1.12. The van der Waals surface area contributed by atoms with Crippen molar-refractivity contribution in [3.63, 3.8) is 0 Å². The van der Waals surface area contributed by atoms with E-state index in [-0.39, 0.29) is 54.1 Å². The summed E-state index contributed by atoms with van der Waals surface area (Å²) < 4.78 is 43.6. The highest BCUT2D eigenvalue weighted by Gasteiger charge is 2.65. The third kappa shape index (κ3) is 3.19. The number of carboxylic acids is 1. The lowest BCUT2D eigenvalue weighted by atomic mass is 9.42. The van der Waals surface area contributed by atoms with E-state index in [4.69, 9.17) is 10.6 Å². The predicted octanol–water partition coefficient (Wildman–Crippen LogP) is 5.53. The monoisotopic (exact) mass is 421 g/mol. The maximum Gasteiger partial charge on any atom is 0.303 e. The average molecular weight is 422 g/mol. The molecule has 0 bridgehead atoms. The summed E-state index contributed by atoms with van der Waals surface area (Å²) in [6.45, 7) is 7.87. The summed E-state index contributed by atoms with van der Waals surface area (Å²) >= 11 is 0. The number of hydrogen-bond acceptors (Lipinski definition) is 3. The molecular formula is C26H40O4. The number of carbonyl (C=O) groups is 3. The highest BCUT2D eigenvalue weighted by Crippen LogP contribution is 2.68. The van der Waals surface area contributed by atoms with Gasteiger partial charge in [0.05, 0.1) is 0 Å². The van der Waals surface area contributed by atoms with E-state index < -0.39 is 47.6 Å². The molecule has 9 atom stereocenters. The van der Waals surface area contributed by atoms with Crippen LogP contribution in [0, 0.1) is 52.2 Å². The summed E-state index contributed by atoms with van der Waals surface area (Å²) in [4.78, 5) is 38.3. The van der Waals surface area contributed by atoms with Crippen molar-refractivity contribution in [2.24, 2.45) is 52.2 Å². The minimum absolute atomic E-state index is 0.00874. The van der Waals surface area contributed by atoms with Gasteiger partial charge in [-0.2, -0.15) is 0 Å². The molecule has 0 heterocycles. The van der Waals surface area contributed by atoms with E-state index in [0.717, 1.165) is 19.3 Å². The molecule has 0 amide bonds. The summed E-state index contributed by atoms with van der Waals surface area (Å²) in [5, 5.41) is 9.17. The van der Waals surface area contributed by atoms with Crippen LogP contribution in [0.25, 0.3) is 0 Å². The van der Waals surface area contributed by atoms with E-state index in [1.165, 1.54) is 0 Å². The molecule has 4 saturated carbocycles. The second-order valence-corrected chi connectivity index (χ2v) is 10.9. The number of ketones is 2. The lowest BCUT2D eigenvalue weighted by Gasteiger charge is -2.61. The Morgan fingerprint density at radius 2 is 1.87 bits per heavy atom. The molecule has 0 saturated heterocycles. The molecule has 4 aliphatic carbocycles. The van der Waals surface area contributed by atoms with E-state index in [2.05, 4.69) is 13.8 Å². The van der Waals surface area contributed by atoms with Gasteiger partial charge in [-0.3, -0.25) is 14.4 Å². The highest BCUT2D eigenvalue weighted by molar-refractivity contribution is 5.88. The van der Waals surface area contributed by atoms with Crippen LogP contribution in [0.15, 0.2) is 0 Å². The van der Waals surface area contributed by atoms with Crippen LogP contribution in [0.1, 0.15) is 98.7 Å². The zero-order valence-corrected chi connectivity index (χ0v) is 18.8. The molecule has 0 aromatic heterocycles. The van der Waals surface area contributed by atoms with Crippen LogP contribution < -0.4 is 0 Å². The first-order valence-corrected chi connectivity index (χ1v) is 11.8. The summed E-state index contributed by atoms with van der Waals surface area (Å²) in [5.74, 6) is -5.39. The molecule has 0 aliphatic heterocycles. The number of aliphatic carboxylic acids is 1. The van der Waals surface area contributed by atoms with E-state index in [1.807, 2.05) is 6.92 Å². The Balaban J connectivity index is 1.77. The third-order valence-electron chi connectivity index (χ3n) is 9.60. The van der Waals surface area contributed by atoms with Crippen LogP contribution in [0.3, 0.4) is 0 Å². The van der Waals surface area contributed by atoms with Crippen molar-refractivity contribution in [1.82, 2.24) is 0 Å². The molecule has 4 fully saturated rings. The summed E-state index contributed by atoms with van der Waals surface area (Å²) in [5.41, 5.74) is -1.15. The number of rotatable bonds is 5. The average Bonchev–Trinajstić information content (AvgIpc) is 3.10. The first-order valence-electron chi connectivity index (χ1n) is 14.3. The van der Waals surface area contributed by atoms with Gasteiger partial charge in [-0.1, -0.05) is 27.7 Å². The van der Waals surface area contributed by atoms with Gasteiger partial charge >= 0.3 is 5.97 Å². The van der Waals surface area contributed by atoms with Crippen molar-refractivity contribution in [2.75, 3.05) is 0 Å². The Morgan fingerprint density at radius 3 is 2.53 bits per heavy atom. The largest absolute Gasteiger partial charge is 0.481 e. The van der Waals surface area contributed by atoms with Crippen molar-refractivity contribution < 1.29 is 26.3 Å². The number of carbonyl (C=O) groups excluding carboxylic acids is 2. The topological polar surface area (TPSA) is 71.4 Å². The van der Waals surface area contributed by atoms with Gasteiger partial charge in [-0.05, 0) is 85.4 Å². The van der Waals surface area contributed by atoms with Gasteiger partial charge in [0.1, 0.15) is 11.6 Å². The fourth-order valence-electron chi connectivity index (χ4n) is 8.06. The van der Waals surface area contributed by atoms with E-state index in [1.54, 1.807) is 6.92 Å². The summed E-state index contributed by atoms with van der Waals surface area (Å²) in [6, 6.07) is 0. The maximum absolute atomic E-state index is 14.2. The Bertz CT molecular complexity index is 937. The van der Waals surface area contributed by atoms with Crippen molar-refractivity contribution in [3.8, 4) is 0 Å². The van der Waals surface area contributed by atoms with E-state index >= 15 is 0 Å². The molecule has 4 unspecified atom stereocenters. The fraction of sp³-hybridized carbons (Fsp3) is 0.885. The Morgan fingerprint density at radius 1 is 1.17 bits per heavy atom. The normalized spacial score (nSPS) is 54.9. The molecule has 30 heavy (non-hydrogen) atoms. The van der Waals surface area contributed by atoms with Crippen LogP contribution in [-0.2, 0) is 14.4 Å². The smallest absolute Gasteiger partial charge is 0.303 e. The standard InChI is InChI=1S/C26H40O4/c1-5-17-21-14-16(27)10-12-26(21,4)20-11-13-25(3)18(15(2)6-9-22(28)29)7-8-19(25)23(20)24(17)30/h15,17-21,23H,5-14H2,1-4H3,(H,28,29)/t15-,17?,18-,19?,20?,21+,23?,25-,26-/m1/s1/i10D2,14D2,17D. The zero-order chi connectivity index (χ0) is 26.4. The van der Waals surface area contributed by atoms with E-state index in [9.17, 15) is 15.8 Å². The molecule has 4 rings (SSSR count). The second-order valence-electron chi connectivity index (χ2n) is 10.9. The molecular weight excluding hydrogens is 376 g/mol. The van der Waals surface area contributed by atoms with Crippen LogP contribution in [0.4, 0.5) is 0 Å². The predicted molar refractivity (Wildman–Crippen MR) is 116 cm³/mol. The Labute approximate surface area is 188 Å². The molecule has 4 heteroatoms. The van der Waals surface area contributed by atoms with Gasteiger partial charge in [0.25, 0.3) is 0 Å². The van der Waals surface area contributed by atoms with Crippen molar-refractivity contribution in [2.45, 2.75) is 91.8 Å². The molecule has 168 valence electrons. The number of Topliss-reactive ketones (excluding diaryl/α,β-unsaturated/α-hetero) is 2. The molecule has 0 radical (unpaired) electrons. The van der Waals surface area contributed by atoms with Crippen LogP contribution >= 0.6 is 0 Å². The zero-order valence-electron chi connectivity index (χ0n) is 23.8. The fourth-order valence-corrected chi connectivity index (χ4v) is 8.06. The first-order chi connectivity index (χ1) is 16.0. The van der Waals surface area contributed by atoms with Crippen molar-refractivity contribution >= 4 is 17.5 Å². The maximum atomic E-state index is 14.2. The highest BCUT2D eigenvalue weighted by atomic mass is 16.4. The van der Waals surface area contributed by atoms with Gasteiger partial charge in [0.15, 0.2) is 0 Å². The Kier molecular flexibility index (Phi) is 4.24. The van der Waals surface area contributed by atoms with Crippen LogP contribution in [0.2, 0.25) is 0 Å². The minimum atomic E-state index is -2.58. The van der Waals surface area contributed by atoms with Crippen molar-refractivity contribution in [3.05, 3.63) is 0 Å². The first kappa shape index (κ1) is 16.4. The minimum Gasteiger partial charge on any atom is -0.481 e. The molecule has 4 nitrogen and oxygen atoms in total. The van der Waals surface area contributed by atoms with E-state index in [0.29, 0.717) is 12.8 Å². The van der Waals surface area contributed by atoms with Crippen LogP contribution in [-0.4, -0.2) is 22.6 Å². The Hall–Kier alpha value is -1.19. The quantitative estimate of drug-likeness (QED) is 0.633. The lowest BCUT2D eigenvalue weighted by molar-refractivity contribution is -0.169. The molecule has 0 aromatic rings. The lowest BCUT2D eigenvalue weighted by Crippen LogP contribution is -2.60.